The minimum Gasteiger partial charge on any atom is -0.504 e. The van der Waals surface area contributed by atoms with Crippen LogP contribution in [0, 0.1) is 17.8 Å². The van der Waals surface area contributed by atoms with Crippen LogP contribution in [0.3, 0.4) is 0 Å². The molecule has 0 aromatic heterocycles. The number of methoxy groups -OCH3 is 1. The maximum absolute atomic E-state index is 13.9. The number of ether oxygens (including phenoxy) is 1. The Kier molecular flexibility index (Phi) is 5.70. The Morgan fingerprint density at radius 1 is 1.00 bits per heavy atom. The lowest BCUT2D eigenvalue weighted by Gasteiger charge is -2.42. The van der Waals surface area contributed by atoms with E-state index < -0.39 is 17.8 Å². The molecule has 1 heterocycles. The van der Waals surface area contributed by atoms with E-state index >= 15 is 0 Å². The fraction of sp³-hybridized carbons (Fsp3) is 0.467. The highest BCUT2D eigenvalue weighted by Gasteiger charge is 2.57. The number of hydrogen-bond acceptors (Lipinski definition) is 6. The van der Waals surface area contributed by atoms with E-state index in [1.54, 1.807) is 24.0 Å². The van der Waals surface area contributed by atoms with Crippen molar-refractivity contribution in [2.45, 2.75) is 63.8 Å². The third kappa shape index (κ3) is 3.54. The van der Waals surface area contributed by atoms with Crippen LogP contribution < -0.4 is 4.74 Å². The zero-order valence-corrected chi connectivity index (χ0v) is 21.2. The summed E-state index contributed by atoms with van der Waals surface area (Å²) in [7, 11) is 1.46. The van der Waals surface area contributed by atoms with Gasteiger partial charge in [0.2, 0.25) is 11.8 Å². The van der Waals surface area contributed by atoms with Crippen molar-refractivity contribution in [3.8, 4) is 11.5 Å². The number of carbonyl (C=O) groups is 4. The van der Waals surface area contributed by atoms with Crippen LogP contribution in [0.1, 0.15) is 63.4 Å². The van der Waals surface area contributed by atoms with Gasteiger partial charge in [-0.2, -0.15) is 0 Å². The van der Waals surface area contributed by atoms with E-state index in [2.05, 4.69) is 0 Å². The van der Waals surface area contributed by atoms with Crippen molar-refractivity contribution in [1.29, 1.82) is 0 Å². The SMILES string of the molecule is COc1cc(C2C3=CCC4C(=O)N(C5CCCCC5)C(=O)C4C3CC3=C2C(=O)C(C)=CC3=O)ccc1O. The van der Waals surface area contributed by atoms with E-state index in [-0.39, 0.29) is 53.3 Å². The number of aromatic hydroxyl groups is 1. The number of rotatable bonds is 3. The highest BCUT2D eigenvalue weighted by molar-refractivity contribution is 6.23. The fourth-order valence-electron chi connectivity index (χ4n) is 7.34. The van der Waals surface area contributed by atoms with Gasteiger partial charge in [-0.05, 0) is 62.3 Å². The standard InChI is InChI=1S/C30H31NO6/c1-15-12-23(33)21-14-20-18(25(27(21)28(15)34)16-8-11-22(32)24(13-16)37-2)9-10-19-26(20)30(36)31(29(19)35)17-6-4-3-5-7-17/h8-9,11-13,17,19-20,25-26,32H,3-7,10,14H2,1-2H3. The maximum Gasteiger partial charge on any atom is 0.233 e. The fourth-order valence-corrected chi connectivity index (χ4v) is 7.34. The van der Waals surface area contributed by atoms with Crippen molar-refractivity contribution >= 4 is 23.4 Å². The number of phenolic OH excluding ortho intramolecular Hbond substituents is 1. The molecule has 1 saturated heterocycles. The molecule has 4 atom stereocenters. The van der Waals surface area contributed by atoms with E-state index in [0.29, 0.717) is 28.7 Å². The molecule has 192 valence electrons. The van der Waals surface area contributed by atoms with Crippen molar-refractivity contribution in [2.24, 2.45) is 17.8 Å². The average molecular weight is 502 g/mol. The minimum absolute atomic E-state index is 0.0210. The molecule has 2 amide bonds. The number of amides is 2. The third-order valence-electron chi connectivity index (χ3n) is 9.08. The molecule has 7 heteroatoms. The molecule has 0 radical (unpaired) electrons. The number of hydrogen-bond donors (Lipinski definition) is 1. The maximum atomic E-state index is 13.9. The first-order chi connectivity index (χ1) is 17.8. The van der Waals surface area contributed by atoms with Crippen LogP contribution in [0.15, 0.2) is 52.6 Å². The summed E-state index contributed by atoms with van der Waals surface area (Å²) in [5.74, 6) is -2.17. The molecule has 1 aromatic carbocycles. The number of nitrogens with zero attached hydrogens (tertiary/aromatic N) is 1. The molecule has 0 bridgehead atoms. The van der Waals surface area contributed by atoms with E-state index in [9.17, 15) is 24.3 Å². The Bertz CT molecular complexity index is 1330. The predicted molar refractivity (Wildman–Crippen MR) is 135 cm³/mol. The quantitative estimate of drug-likeness (QED) is 0.379. The molecule has 1 N–H and O–H groups in total. The summed E-state index contributed by atoms with van der Waals surface area (Å²) in [4.78, 5) is 55.7. The van der Waals surface area contributed by atoms with Crippen LogP contribution in [0.2, 0.25) is 0 Å². The Hall–Kier alpha value is -3.48. The number of allylic oxidation sites excluding steroid dienone is 6. The molecular formula is C30H31NO6. The first-order valence-corrected chi connectivity index (χ1v) is 13.3. The molecule has 5 aliphatic rings. The lowest BCUT2D eigenvalue weighted by Crippen LogP contribution is -2.43. The summed E-state index contributed by atoms with van der Waals surface area (Å²) >= 11 is 0. The number of ketones is 2. The molecule has 0 spiro atoms. The lowest BCUT2D eigenvalue weighted by atomic mass is 9.59. The molecule has 6 rings (SSSR count). The topological polar surface area (TPSA) is 101 Å². The Morgan fingerprint density at radius 3 is 2.49 bits per heavy atom. The van der Waals surface area contributed by atoms with Gasteiger partial charge >= 0.3 is 0 Å². The monoisotopic (exact) mass is 501 g/mol. The number of carbonyl (C=O) groups excluding carboxylic acids is 4. The van der Waals surface area contributed by atoms with Gasteiger partial charge in [0.1, 0.15) is 0 Å². The lowest BCUT2D eigenvalue weighted by molar-refractivity contribution is -0.143. The molecule has 4 aliphatic carbocycles. The first kappa shape index (κ1) is 23.9. The normalized spacial score (nSPS) is 30.1. The average Bonchev–Trinajstić information content (AvgIpc) is 3.16. The number of phenols is 1. The molecule has 1 aromatic rings. The third-order valence-corrected chi connectivity index (χ3v) is 9.08. The Labute approximate surface area is 215 Å². The summed E-state index contributed by atoms with van der Waals surface area (Å²) in [6.45, 7) is 1.65. The van der Waals surface area contributed by atoms with Gasteiger partial charge in [0.25, 0.3) is 0 Å². The largest absolute Gasteiger partial charge is 0.504 e. The number of benzene rings is 1. The smallest absolute Gasteiger partial charge is 0.233 e. The highest BCUT2D eigenvalue weighted by atomic mass is 16.5. The second-order valence-electron chi connectivity index (χ2n) is 11.0. The summed E-state index contributed by atoms with van der Waals surface area (Å²) in [5.41, 5.74) is 2.90. The highest BCUT2D eigenvalue weighted by Crippen LogP contribution is 2.56. The van der Waals surface area contributed by atoms with Gasteiger partial charge in [-0.25, -0.2) is 0 Å². The van der Waals surface area contributed by atoms with Crippen molar-refractivity contribution < 1.29 is 29.0 Å². The summed E-state index contributed by atoms with van der Waals surface area (Å²) in [6, 6.07) is 4.92. The summed E-state index contributed by atoms with van der Waals surface area (Å²) in [5, 5.41) is 10.2. The minimum atomic E-state index is -0.545. The predicted octanol–water partition coefficient (Wildman–Crippen LogP) is 4.16. The zero-order valence-electron chi connectivity index (χ0n) is 21.2. The van der Waals surface area contributed by atoms with Gasteiger partial charge in [-0.3, -0.25) is 24.1 Å². The second-order valence-corrected chi connectivity index (χ2v) is 11.0. The van der Waals surface area contributed by atoms with Crippen molar-refractivity contribution in [3.05, 3.63) is 58.2 Å². The van der Waals surface area contributed by atoms with Gasteiger partial charge in [0.05, 0.1) is 18.9 Å². The van der Waals surface area contributed by atoms with Crippen molar-refractivity contribution in [2.75, 3.05) is 7.11 Å². The van der Waals surface area contributed by atoms with Crippen molar-refractivity contribution in [3.63, 3.8) is 0 Å². The van der Waals surface area contributed by atoms with Crippen molar-refractivity contribution in [1.82, 2.24) is 4.90 Å². The van der Waals surface area contributed by atoms with Gasteiger partial charge in [-0.15, -0.1) is 0 Å². The Balaban J connectivity index is 1.47. The van der Waals surface area contributed by atoms with E-state index in [1.165, 1.54) is 19.3 Å². The molecule has 1 aliphatic heterocycles. The van der Waals surface area contributed by atoms with Crippen LogP contribution >= 0.6 is 0 Å². The number of imide groups is 1. The molecule has 4 unspecified atom stereocenters. The molecule has 1 saturated carbocycles. The van der Waals surface area contributed by atoms with Crippen LogP contribution in [0.25, 0.3) is 0 Å². The molecular weight excluding hydrogens is 470 g/mol. The van der Waals surface area contributed by atoms with Crippen LogP contribution in [-0.2, 0) is 19.2 Å². The molecule has 2 fully saturated rings. The van der Waals surface area contributed by atoms with E-state index in [1.807, 2.05) is 6.08 Å². The van der Waals surface area contributed by atoms with Gasteiger partial charge < -0.3 is 9.84 Å². The molecule has 37 heavy (non-hydrogen) atoms. The number of likely N-dealkylation sites (tertiary alicyclic amines) is 1. The van der Waals surface area contributed by atoms with Gasteiger partial charge in [0.15, 0.2) is 23.1 Å². The molecule has 7 nitrogen and oxygen atoms in total. The first-order valence-electron chi connectivity index (χ1n) is 13.3. The Morgan fingerprint density at radius 2 is 1.76 bits per heavy atom. The van der Waals surface area contributed by atoms with Gasteiger partial charge in [0, 0.05) is 28.7 Å². The number of fused-ring (bicyclic) bond motifs is 3. The van der Waals surface area contributed by atoms with Crippen LogP contribution in [0.5, 0.6) is 11.5 Å². The van der Waals surface area contributed by atoms with Crippen LogP contribution in [0.4, 0.5) is 0 Å². The van der Waals surface area contributed by atoms with E-state index in [0.717, 1.165) is 37.7 Å². The summed E-state index contributed by atoms with van der Waals surface area (Å²) < 4.78 is 5.35. The second kappa shape index (κ2) is 8.82. The van der Waals surface area contributed by atoms with Crippen LogP contribution in [-0.4, -0.2) is 46.5 Å². The summed E-state index contributed by atoms with van der Waals surface area (Å²) in [6.07, 6.45) is 9.01. The zero-order chi connectivity index (χ0) is 26.0. The van der Waals surface area contributed by atoms with E-state index in [4.69, 9.17) is 4.74 Å². The van der Waals surface area contributed by atoms with Gasteiger partial charge in [-0.1, -0.05) is 37.0 Å². The number of Topliss-reactive ketones (excluding diaryl/α,β-unsaturated/α-hetero) is 1.